The zero-order chi connectivity index (χ0) is 20.9. The largest absolute Gasteiger partial charge is 0.298 e. The second-order valence-electron chi connectivity index (χ2n) is 6.02. The van der Waals surface area contributed by atoms with Gasteiger partial charge in [-0.25, -0.2) is 18.1 Å². The number of anilines is 1. The molecule has 0 aliphatic carbocycles. The quantitative estimate of drug-likeness (QED) is 0.509. The Kier molecular flexibility index (Phi) is 6.81. The van der Waals surface area contributed by atoms with Crippen molar-refractivity contribution in [2.24, 2.45) is 0 Å². The molecule has 2 aromatic carbocycles. The van der Waals surface area contributed by atoms with E-state index in [-0.39, 0.29) is 17.0 Å². The minimum Gasteiger partial charge on any atom is -0.298 e. The van der Waals surface area contributed by atoms with Crippen LogP contribution in [0.1, 0.15) is 20.8 Å². The number of nitrogens with one attached hydrogen (secondary N) is 2. The van der Waals surface area contributed by atoms with E-state index in [1.54, 1.807) is 12.3 Å². The number of rotatable bonds is 8. The van der Waals surface area contributed by atoms with Gasteiger partial charge in [-0.2, -0.15) is 0 Å². The Hall–Kier alpha value is -2.52. The predicted octanol–water partition coefficient (Wildman–Crippen LogP) is 4.10. The Morgan fingerprint density at radius 2 is 2.00 bits per heavy atom. The van der Waals surface area contributed by atoms with Crippen LogP contribution in [-0.2, 0) is 16.4 Å². The van der Waals surface area contributed by atoms with Crippen molar-refractivity contribution >= 4 is 44.0 Å². The van der Waals surface area contributed by atoms with E-state index < -0.39 is 15.9 Å². The molecule has 0 unspecified atom stereocenters. The smallest absolute Gasteiger partial charge is 0.257 e. The summed E-state index contributed by atoms with van der Waals surface area (Å²) in [6.07, 6.45) is 3.73. The maximum Gasteiger partial charge on any atom is 0.257 e. The molecule has 9 heteroatoms. The molecule has 0 bridgehead atoms. The van der Waals surface area contributed by atoms with Gasteiger partial charge in [-0.05, 0) is 29.8 Å². The second-order valence-corrected chi connectivity index (χ2v) is 9.31. The number of hydrogen-bond acceptors (Lipinski definition) is 5. The maximum atomic E-state index is 12.5. The molecule has 0 aliphatic rings. The molecule has 0 spiro atoms. The molecule has 0 saturated heterocycles. The molecule has 150 valence electrons. The molecule has 1 amide bonds. The molecular formula is C20H18ClN3O3S2. The van der Waals surface area contributed by atoms with E-state index in [1.165, 1.54) is 35.6 Å². The zero-order valence-electron chi connectivity index (χ0n) is 15.3. The number of aromatic nitrogens is 1. The lowest BCUT2D eigenvalue weighted by atomic mass is 10.1. The summed E-state index contributed by atoms with van der Waals surface area (Å²) >= 11 is 7.52. The topological polar surface area (TPSA) is 88.2 Å². The fourth-order valence-electron chi connectivity index (χ4n) is 2.50. The number of nitrogens with zero attached hydrogens (tertiary/aromatic N) is 1. The number of benzene rings is 2. The first-order chi connectivity index (χ1) is 13.9. The highest BCUT2D eigenvalue weighted by Crippen LogP contribution is 2.25. The fraction of sp³-hybridized carbons (Fsp3) is 0.100. The van der Waals surface area contributed by atoms with Crippen molar-refractivity contribution in [3.63, 3.8) is 0 Å². The minimum absolute atomic E-state index is 0.00514. The highest BCUT2D eigenvalue weighted by atomic mass is 35.5. The zero-order valence-corrected chi connectivity index (χ0v) is 17.7. The normalized spacial score (nSPS) is 11.2. The summed E-state index contributed by atoms with van der Waals surface area (Å²) in [5.41, 5.74) is 1.19. The van der Waals surface area contributed by atoms with Gasteiger partial charge in [0.25, 0.3) is 5.91 Å². The lowest BCUT2D eigenvalue weighted by molar-refractivity contribution is 0.102. The summed E-state index contributed by atoms with van der Waals surface area (Å²) < 4.78 is 26.8. The van der Waals surface area contributed by atoms with Crippen LogP contribution < -0.4 is 10.0 Å². The van der Waals surface area contributed by atoms with Crippen LogP contribution in [0.3, 0.4) is 0 Å². The van der Waals surface area contributed by atoms with Crippen molar-refractivity contribution in [2.75, 3.05) is 11.9 Å². The SMILES string of the molecule is C=CCNS(=O)(=O)c1cccc(C(=O)Nc2ncc(Cc3ccccc3Cl)s2)c1. The van der Waals surface area contributed by atoms with E-state index in [4.69, 9.17) is 11.6 Å². The first-order valence-electron chi connectivity index (χ1n) is 8.59. The summed E-state index contributed by atoms with van der Waals surface area (Å²) in [7, 11) is -3.71. The van der Waals surface area contributed by atoms with Gasteiger partial charge in [0.1, 0.15) is 0 Å². The van der Waals surface area contributed by atoms with Crippen LogP contribution in [0.25, 0.3) is 0 Å². The molecule has 2 N–H and O–H groups in total. The van der Waals surface area contributed by atoms with Gasteiger partial charge < -0.3 is 0 Å². The number of carbonyl (C=O) groups excluding carboxylic acids is 1. The lowest BCUT2D eigenvalue weighted by Gasteiger charge is -2.07. The summed E-state index contributed by atoms with van der Waals surface area (Å²) in [6, 6.07) is 13.3. The summed E-state index contributed by atoms with van der Waals surface area (Å²) in [5, 5.41) is 3.81. The Morgan fingerprint density at radius 1 is 1.21 bits per heavy atom. The van der Waals surface area contributed by atoms with Crippen molar-refractivity contribution in [3.05, 3.63) is 88.4 Å². The number of sulfonamides is 1. The lowest BCUT2D eigenvalue weighted by Crippen LogP contribution is -2.24. The number of halogens is 1. The summed E-state index contributed by atoms with van der Waals surface area (Å²) in [5.74, 6) is -0.440. The second kappa shape index (κ2) is 9.32. The first-order valence-corrected chi connectivity index (χ1v) is 11.3. The van der Waals surface area contributed by atoms with Crippen molar-refractivity contribution < 1.29 is 13.2 Å². The minimum atomic E-state index is -3.71. The molecule has 3 rings (SSSR count). The molecule has 6 nitrogen and oxygen atoms in total. The van der Waals surface area contributed by atoms with E-state index in [0.29, 0.717) is 16.6 Å². The van der Waals surface area contributed by atoms with Gasteiger partial charge in [0.2, 0.25) is 10.0 Å². The van der Waals surface area contributed by atoms with Crippen molar-refractivity contribution in [3.8, 4) is 0 Å². The summed E-state index contributed by atoms with van der Waals surface area (Å²) in [6.45, 7) is 3.58. The highest BCUT2D eigenvalue weighted by Gasteiger charge is 2.16. The third kappa shape index (κ3) is 5.51. The first kappa shape index (κ1) is 21.2. The molecule has 1 aromatic heterocycles. The standard InChI is InChI=1S/C20H18ClN3O3S2/c1-2-10-23-29(26,27)17-8-5-7-15(12-17)19(25)24-20-22-13-16(28-20)11-14-6-3-4-9-18(14)21/h2-9,12-13,23H,1,10-11H2,(H,22,24,25). The van der Waals surface area contributed by atoms with Crippen LogP contribution in [0, 0.1) is 0 Å². The molecule has 29 heavy (non-hydrogen) atoms. The Bertz CT molecular complexity index is 1140. The maximum absolute atomic E-state index is 12.5. The van der Waals surface area contributed by atoms with Gasteiger partial charge in [-0.3, -0.25) is 10.1 Å². The van der Waals surface area contributed by atoms with E-state index in [0.717, 1.165) is 10.4 Å². The Balaban J connectivity index is 1.71. The number of amides is 1. The van der Waals surface area contributed by atoms with Crippen LogP contribution >= 0.6 is 22.9 Å². The van der Waals surface area contributed by atoms with Crippen LogP contribution in [0.4, 0.5) is 5.13 Å². The van der Waals surface area contributed by atoms with Gasteiger partial charge in [0.05, 0.1) is 4.90 Å². The summed E-state index contributed by atoms with van der Waals surface area (Å²) in [4.78, 5) is 17.7. The average Bonchev–Trinajstić information content (AvgIpc) is 3.15. The molecular weight excluding hydrogens is 430 g/mol. The average molecular weight is 448 g/mol. The highest BCUT2D eigenvalue weighted by molar-refractivity contribution is 7.89. The number of hydrogen-bond donors (Lipinski definition) is 2. The van der Waals surface area contributed by atoms with Gasteiger partial charge in [0, 0.05) is 34.6 Å². The van der Waals surface area contributed by atoms with Crippen LogP contribution in [-0.4, -0.2) is 25.9 Å². The number of carbonyl (C=O) groups is 1. The molecule has 0 saturated carbocycles. The van der Waals surface area contributed by atoms with Crippen molar-refractivity contribution in [1.29, 1.82) is 0 Å². The molecule has 3 aromatic rings. The third-order valence-corrected chi connectivity index (χ3v) is 6.62. The molecule has 0 aliphatic heterocycles. The van der Waals surface area contributed by atoms with Crippen molar-refractivity contribution in [2.45, 2.75) is 11.3 Å². The molecule has 1 heterocycles. The van der Waals surface area contributed by atoms with Crippen molar-refractivity contribution in [1.82, 2.24) is 9.71 Å². The van der Waals surface area contributed by atoms with Gasteiger partial charge in [-0.15, -0.1) is 17.9 Å². The van der Waals surface area contributed by atoms with Crippen LogP contribution in [0.5, 0.6) is 0 Å². The van der Waals surface area contributed by atoms with E-state index in [2.05, 4.69) is 21.6 Å². The van der Waals surface area contributed by atoms with Crippen LogP contribution in [0.15, 0.2) is 72.3 Å². The van der Waals surface area contributed by atoms with Gasteiger partial charge in [-0.1, -0.05) is 41.9 Å². The Morgan fingerprint density at radius 3 is 2.76 bits per heavy atom. The third-order valence-electron chi connectivity index (χ3n) is 3.92. The molecule has 0 atom stereocenters. The predicted molar refractivity (Wildman–Crippen MR) is 116 cm³/mol. The van der Waals surface area contributed by atoms with E-state index >= 15 is 0 Å². The number of thiazole rings is 1. The fourth-order valence-corrected chi connectivity index (χ4v) is 4.58. The van der Waals surface area contributed by atoms with E-state index in [9.17, 15) is 13.2 Å². The van der Waals surface area contributed by atoms with Gasteiger partial charge >= 0.3 is 0 Å². The van der Waals surface area contributed by atoms with E-state index in [1.807, 2.05) is 24.3 Å². The van der Waals surface area contributed by atoms with Gasteiger partial charge in [0.15, 0.2) is 5.13 Å². The molecule has 0 radical (unpaired) electrons. The Labute approximate surface area is 178 Å². The molecule has 0 fully saturated rings. The van der Waals surface area contributed by atoms with Crippen LogP contribution in [0.2, 0.25) is 5.02 Å². The monoisotopic (exact) mass is 447 g/mol.